The van der Waals surface area contributed by atoms with E-state index in [9.17, 15) is 0 Å². The van der Waals surface area contributed by atoms with Crippen molar-refractivity contribution in [2.24, 2.45) is 5.41 Å². The third-order valence-electron chi connectivity index (χ3n) is 2.96. The third kappa shape index (κ3) is 4.45. The smallest absolute Gasteiger partial charge is 0.0120 e. The van der Waals surface area contributed by atoms with E-state index < -0.39 is 0 Å². The third-order valence-corrected chi connectivity index (χ3v) is 2.96. The van der Waals surface area contributed by atoms with Gasteiger partial charge in [-0.15, -0.1) is 0 Å². The zero-order valence-electron chi connectivity index (χ0n) is 9.92. The molecule has 0 unspecified atom stereocenters. The molecule has 0 aliphatic rings. The second-order valence-corrected chi connectivity index (χ2v) is 3.80. The first-order chi connectivity index (χ1) is 6.74. The lowest BCUT2D eigenvalue weighted by atomic mass is 9.78. The maximum absolute atomic E-state index is 3.65. The SMILES string of the molecule is C=C/C=C/C=C/C(CC)(CC)CCC. The van der Waals surface area contributed by atoms with Gasteiger partial charge in [0, 0.05) is 0 Å². The average molecular weight is 192 g/mol. The largest absolute Gasteiger partial charge is 0.0991 e. The van der Waals surface area contributed by atoms with Crippen LogP contribution in [0.3, 0.4) is 0 Å². The minimum atomic E-state index is 0.417. The molecule has 0 saturated carbocycles. The van der Waals surface area contributed by atoms with E-state index >= 15 is 0 Å². The molecule has 0 saturated heterocycles. The van der Waals surface area contributed by atoms with Crippen LogP contribution >= 0.6 is 0 Å². The van der Waals surface area contributed by atoms with E-state index in [1.54, 1.807) is 0 Å². The molecule has 0 nitrogen and oxygen atoms in total. The molecule has 0 rings (SSSR count). The van der Waals surface area contributed by atoms with Gasteiger partial charge in [-0.3, -0.25) is 0 Å². The summed E-state index contributed by atoms with van der Waals surface area (Å²) in [5.74, 6) is 0. The maximum Gasteiger partial charge on any atom is -0.0120 e. The average Bonchev–Trinajstić information content (AvgIpc) is 2.23. The number of allylic oxidation sites excluding steroid dienone is 5. The molecule has 0 heterocycles. The first-order valence-electron chi connectivity index (χ1n) is 5.71. The Morgan fingerprint density at radius 3 is 2.07 bits per heavy atom. The summed E-state index contributed by atoms with van der Waals surface area (Å²) in [6.45, 7) is 10.5. The Hall–Kier alpha value is -0.780. The van der Waals surface area contributed by atoms with Crippen LogP contribution < -0.4 is 0 Å². The number of rotatable bonds is 7. The lowest BCUT2D eigenvalue weighted by Crippen LogP contribution is -2.14. The molecule has 0 atom stereocenters. The van der Waals surface area contributed by atoms with Crippen molar-refractivity contribution >= 4 is 0 Å². The molecule has 14 heavy (non-hydrogen) atoms. The summed E-state index contributed by atoms with van der Waals surface area (Å²) in [5.41, 5.74) is 0.417. The van der Waals surface area contributed by atoms with Gasteiger partial charge in [0.25, 0.3) is 0 Å². The van der Waals surface area contributed by atoms with Crippen LogP contribution in [-0.4, -0.2) is 0 Å². The van der Waals surface area contributed by atoms with Crippen LogP contribution in [0.1, 0.15) is 46.5 Å². The Bertz CT molecular complexity index is 192. The first-order valence-corrected chi connectivity index (χ1v) is 5.71. The van der Waals surface area contributed by atoms with Crippen LogP contribution in [0.15, 0.2) is 37.0 Å². The quantitative estimate of drug-likeness (QED) is 0.504. The van der Waals surface area contributed by atoms with Crippen molar-refractivity contribution in [1.82, 2.24) is 0 Å². The summed E-state index contributed by atoms with van der Waals surface area (Å²) in [6.07, 6.45) is 15.4. The molecule has 0 heteroatoms. The fourth-order valence-corrected chi connectivity index (χ4v) is 1.82. The lowest BCUT2D eigenvalue weighted by molar-refractivity contribution is 0.321. The highest BCUT2D eigenvalue weighted by molar-refractivity contribution is 5.12. The van der Waals surface area contributed by atoms with Crippen LogP contribution in [0.5, 0.6) is 0 Å². The molecular formula is C14H24. The molecule has 0 aromatic rings. The fraction of sp³-hybridized carbons (Fsp3) is 0.571. The standard InChI is InChI=1S/C14H24/c1-5-9-10-11-13-14(7-3,8-4)12-6-2/h5,9-11,13H,1,6-8,12H2,2-4H3/b10-9+,13-11+. The van der Waals surface area contributed by atoms with E-state index in [1.165, 1.54) is 25.7 Å². The van der Waals surface area contributed by atoms with Crippen molar-refractivity contribution in [1.29, 1.82) is 0 Å². The van der Waals surface area contributed by atoms with Gasteiger partial charge in [-0.05, 0) is 24.7 Å². The molecule has 0 N–H and O–H groups in total. The summed E-state index contributed by atoms with van der Waals surface area (Å²) in [7, 11) is 0. The van der Waals surface area contributed by atoms with Gasteiger partial charge < -0.3 is 0 Å². The van der Waals surface area contributed by atoms with Crippen molar-refractivity contribution in [2.45, 2.75) is 46.5 Å². The van der Waals surface area contributed by atoms with Gasteiger partial charge in [-0.2, -0.15) is 0 Å². The Kier molecular flexibility index (Phi) is 7.18. The van der Waals surface area contributed by atoms with Crippen LogP contribution in [0.2, 0.25) is 0 Å². The molecule has 0 bridgehead atoms. The van der Waals surface area contributed by atoms with E-state index in [4.69, 9.17) is 0 Å². The summed E-state index contributed by atoms with van der Waals surface area (Å²) in [6, 6.07) is 0. The zero-order chi connectivity index (χ0) is 10.9. The van der Waals surface area contributed by atoms with E-state index in [0.717, 1.165) is 0 Å². The van der Waals surface area contributed by atoms with Gasteiger partial charge in [0.15, 0.2) is 0 Å². The number of hydrogen-bond donors (Lipinski definition) is 0. The zero-order valence-corrected chi connectivity index (χ0v) is 9.92. The molecule has 0 radical (unpaired) electrons. The van der Waals surface area contributed by atoms with Gasteiger partial charge >= 0.3 is 0 Å². The predicted octanol–water partition coefficient (Wildman–Crippen LogP) is 4.89. The molecule has 80 valence electrons. The van der Waals surface area contributed by atoms with E-state index in [0.29, 0.717) is 5.41 Å². The summed E-state index contributed by atoms with van der Waals surface area (Å²) in [4.78, 5) is 0. The summed E-state index contributed by atoms with van der Waals surface area (Å²) >= 11 is 0. The number of hydrogen-bond acceptors (Lipinski definition) is 0. The van der Waals surface area contributed by atoms with Crippen LogP contribution in [0, 0.1) is 5.41 Å². The van der Waals surface area contributed by atoms with E-state index in [1.807, 2.05) is 12.2 Å². The molecule has 0 amide bonds. The molecule has 0 aliphatic heterocycles. The molecule has 0 spiro atoms. The molecule has 0 aromatic heterocycles. The summed E-state index contributed by atoms with van der Waals surface area (Å²) < 4.78 is 0. The van der Waals surface area contributed by atoms with Crippen LogP contribution in [-0.2, 0) is 0 Å². The van der Waals surface area contributed by atoms with Crippen molar-refractivity contribution in [3.8, 4) is 0 Å². The van der Waals surface area contributed by atoms with Crippen molar-refractivity contribution in [3.05, 3.63) is 37.0 Å². The fourth-order valence-electron chi connectivity index (χ4n) is 1.82. The highest BCUT2D eigenvalue weighted by atomic mass is 14.2. The van der Waals surface area contributed by atoms with E-state index in [2.05, 4.69) is 45.6 Å². The lowest BCUT2D eigenvalue weighted by Gasteiger charge is -2.27. The second-order valence-electron chi connectivity index (χ2n) is 3.80. The second kappa shape index (κ2) is 7.61. The first kappa shape index (κ1) is 13.2. The van der Waals surface area contributed by atoms with Crippen LogP contribution in [0.25, 0.3) is 0 Å². The Morgan fingerprint density at radius 1 is 1.00 bits per heavy atom. The Balaban J connectivity index is 4.39. The Morgan fingerprint density at radius 2 is 1.64 bits per heavy atom. The predicted molar refractivity (Wildman–Crippen MR) is 66.4 cm³/mol. The van der Waals surface area contributed by atoms with Gasteiger partial charge in [-0.25, -0.2) is 0 Å². The topological polar surface area (TPSA) is 0 Å². The minimum absolute atomic E-state index is 0.417. The molecule has 0 aromatic carbocycles. The monoisotopic (exact) mass is 192 g/mol. The normalized spacial score (nSPS) is 12.8. The highest BCUT2D eigenvalue weighted by Crippen LogP contribution is 2.33. The van der Waals surface area contributed by atoms with Crippen LogP contribution in [0.4, 0.5) is 0 Å². The van der Waals surface area contributed by atoms with Gasteiger partial charge in [0.2, 0.25) is 0 Å². The Labute approximate surface area is 89.4 Å². The molecule has 0 fully saturated rings. The van der Waals surface area contributed by atoms with Crippen molar-refractivity contribution in [2.75, 3.05) is 0 Å². The van der Waals surface area contributed by atoms with Crippen molar-refractivity contribution < 1.29 is 0 Å². The molecular weight excluding hydrogens is 168 g/mol. The maximum atomic E-state index is 3.65. The van der Waals surface area contributed by atoms with Gasteiger partial charge in [0.1, 0.15) is 0 Å². The van der Waals surface area contributed by atoms with Gasteiger partial charge in [0.05, 0.1) is 0 Å². The van der Waals surface area contributed by atoms with Gasteiger partial charge in [-0.1, -0.05) is 64.2 Å². The highest BCUT2D eigenvalue weighted by Gasteiger charge is 2.20. The van der Waals surface area contributed by atoms with E-state index in [-0.39, 0.29) is 0 Å². The summed E-state index contributed by atoms with van der Waals surface area (Å²) in [5, 5.41) is 0. The van der Waals surface area contributed by atoms with Crippen molar-refractivity contribution in [3.63, 3.8) is 0 Å². The molecule has 0 aliphatic carbocycles. The minimum Gasteiger partial charge on any atom is -0.0991 e.